The van der Waals surface area contributed by atoms with Gasteiger partial charge in [0, 0.05) is 5.69 Å². The largest absolute Gasteiger partial charge is 0.322 e. The molecule has 7 heteroatoms. The van der Waals surface area contributed by atoms with Crippen LogP contribution in [0, 0.1) is 5.82 Å². The van der Waals surface area contributed by atoms with Crippen LogP contribution in [0.2, 0.25) is 0 Å². The van der Waals surface area contributed by atoms with Crippen molar-refractivity contribution in [3.63, 3.8) is 0 Å². The van der Waals surface area contributed by atoms with Gasteiger partial charge in [-0.15, -0.1) is 0 Å². The number of hydrogen-bond acceptors (Lipinski definition) is 3. The lowest BCUT2D eigenvalue weighted by Crippen LogP contribution is -2.20. The summed E-state index contributed by atoms with van der Waals surface area (Å²) in [6.07, 6.45) is 0. The molecule has 0 atom stereocenters. The summed E-state index contributed by atoms with van der Waals surface area (Å²) in [5.41, 5.74) is 1.22. The number of benzene rings is 2. The number of nitrogens with one attached hydrogen (secondary N) is 2. The van der Waals surface area contributed by atoms with Crippen molar-refractivity contribution in [1.82, 2.24) is 4.72 Å². The molecule has 5 nitrogen and oxygen atoms in total. The minimum absolute atomic E-state index is 0.174. The summed E-state index contributed by atoms with van der Waals surface area (Å²) in [4.78, 5) is 12.1. The second-order valence-electron chi connectivity index (χ2n) is 5.58. The molecule has 0 aliphatic rings. The fraction of sp³-hybridized carbons (Fsp3) is 0.235. The van der Waals surface area contributed by atoms with Gasteiger partial charge in [-0.2, -0.15) is 0 Å². The first-order valence-corrected chi connectivity index (χ1v) is 8.87. The Morgan fingerprint density at radius 1 is 1.12 bits per heavy atom. The molecule has 0 aromatic heterocycles. The van der Waals surface area contributed by atoms with E-state index >= 15 is 0 Å². The quantitative estimate of drug-likeness (QED) is 0.870. The third-order valence-electron chi connectivity index (χ3n) is 3.57. The molecule has 0 radical (unpaired) electrons. The topological polar surface area (TPSA) is 75.3 Å². The van der Waals surface area contributed by atoms with Crippen LogP contribution < -0.4 is 10.0 Å². The molecule has 0 saturated heterocycles. The van der Waals surface area contributed by atoms with Crippen LogP contribution in [0.3, 0.4) is 0 Å². The highest BCUT2D eigenvalue weighted by Crippen LogP contribution is 2.20. The van der Waals surface area contributed by atoms with Crippen molar-refractivity contribution >= 4 is 21.6 Å². The maximum Gasteiger partial charge on any atom is 0.258 e. The van der Waals surface area contributed by atoms with Crippen molar-refractivity contribution < 1.29 is 17.6 Å². The number of sulfonamides is 1. The van der Waals surface area contributed by atoms with Gasteiger partial charge in [0.25, 0.3) is 5.91 Å². The zero-order valence-corrected chi connectivity index (χ0v) is 14.4. The third kappa shape index (κ3) is 3.98. The van der Waals surface area contributed by atoms with E-state index in [1.165, 1.54) is 7.05 Å². The smallest absolute Gasteiger partial charge is 0.258 e. The fourth-order valence-corrected chi connectivity index (χ4v) is 2.89. The van der Waals surface area contributed by atoms with Gasteiger partial charge < -0.3 is 5.32 Å². The van der Waals surface area contributed by atoms with E-state index in [4.69, 9.17) is 0 Å². The average Bonchev–Trinajstić information content (AvgIpc) is 2.55. The molecule has 2 aromatic carbocycles. The summed E-state index contributed by atoms with van der Waals surface area (Å²) in [5.74, 6) is -1.22. The van der Waals surface area contributed by atoms with Crippen LogP contribution in [-0.2, 0) is 10.0 Å². The summed E-state index contributed by atoms with van der Waals surface area (Å²) < 4.78 is 39.7. The first-order valence-electron chi connectivity index (χ1n) is 7.39. The lowest BCUT2D eigenvalue weighted by Gasteiger charge is -2.11. The van der Waals surface area contributed by atoms with Crippen LogP contribution in [0.15, 0.2) is 47.4 Å². The maximum atomic E-state index is 13.9. The van der Waals surface area contributed by atoms with Gasteiger partial charge in [0.15, 0.2) is 0 Å². The maximum absolute atomic E-state index is 13.9. The van der Waals surface area contributed by atoms with Gasteiger partial charge in [-0.25, -0.2) is 17.5 Å². The zero-order chi connectivity index (χ0) is 17.9. The Bertz CT molecular complexity index is 864. The second-order valence-corrected chi connectivity index (χ2v) is 7.47. The van der Waals surface area contributed by atoms with E-state index in [1.807, 2.05) is 19.9 Å². The zero-order valence-electron chi connectivity index (χ0n) is 13.6. The van der Waals surface area contributed by atoms with E-state index < -0.39 is 21.7 Å². The molecule has 24 heavy (non-hydrogen) atoms. The highest BCUT2D eigenvalue weighted by molar-refractivity contribution is 7.89. The molecule has 0 saturated carbocycles. The number of hydrogen-bond donors (Lipinski definition) is 2. The Morgan fingerprint density at radius 2 is 1.83 bits per heavy atom. The van der Waals surface area contributed by atoms with Crippen molar-refractivity contribution in [3.05, 3.63) is 59.4 Å². The van der Waals surface area contributed by atoms with Crippen molar-refractivity contribution in [3.8, 4) is 0 Å². The highest BCUT2D eigenvalue weighted by Gasteiger charge is 2.18. The average molecular weight is 350 g/mol. The van der Waals surface area contributed by atoms with Gasteiger partial charge in [-0.1, -0.05) is 26.0 Å². The van der Waals surface area contributed by atoms with Crippen LogP contribution in [-0.4, -0.2) is 21.4 Å². The van der Waals surface area contributed by atoms with E-state index in [-0.39, 0.29) is 16.4 Å². The molecule has 0 aliphatic heterocycles. The number of amides is 1. The van der Waals surface area contributed by atoms with Crippen molar-refractivity contribution in [2.45, 2.75) is 24.7 Å². The Balaban J connectivity index is 2.33. The molecule has 2 aromatic rings. The number of rotatable bonds is 5. The number of carbonyl (C=O) groups is 1. The number of carbonyl (C=O) groups excluding carboxylic acids is 1. The number of anilines is 1. The third-order valence-corrected chi connectivity index (χ3v) is 4.98. The monoisotopic (exact) mass is 350 g/mol. The molecule has 0 fully saturated rings. The molecule has 2 rings (SSSR count). The second kappa shape index (κ2) is 7.11. The molecule has 1 amide bonds. The van der Waals surface area contributed by atoms with Gasteiger partial charge in [0.05, 0.1) is 10.5 Å². The van der Waals surface area contributed by atoms with Gasteiger partial charge in [-0.3, -0.25) is 4.79 Å². The lowest BCUT2D eigenvalue weighted by atomic mass is 10.0. The lowest BCUT2D eigenvalue weighted by molar-refractivity contribution is 0.102. The standard InChI is InChI=1S/C17H19FN2O3S/c1-11(2)12-5-4-6-13(9-12)20-17(21)15-10-14(7-8-16(15)18)24(22,23)19-3/h4-11,19H,1-3H3,(H,20,21). The molecule has 2 N–H and O–H groups in total. The predicted molar refractivity (Wildman–Crippen MR) is 91.1 cm³/mol. The fourth-order valence-electron chi connectivity index (χ4n) is 2.14. The molecule has 0 heterocycles. The molecule has 0 bridgehead atoms. The molecular formula is C17H19FN2O3S. The Hall–Kier alpha value is -2.25. The van der Waals surface area contributed by atoms with Gasteiger partial charge >= 0.3 is 0 Å². The Kier molecular flexibility index (Phi) is 5.36. The van der Waals surface area contributed by atoms with E-state index in [0.29, 0.717) is 5.69 Å². The Labute approximate surface area is 141 Å². The number of halogens is 1. The van der Waals surface area contributed by atoms with Crippen molar-refractivity contribution in [2.24, 2.45) is 0 Å². The van der Waals surface area contributed by atoms with Crippen LogP contribution >= 0.6 is 0 Å². The summed E-state index contributed by atoms with van der Waals surface area (Å²) in [6, 6.07) is 10.3. The normalized spacial score (nSPS) is 11.5. The van der Waals surface area contributed by atoms with Gasteiger partial charge in [0.1, 0.15) is 5.82 Å². The van der Waals surface area contributed by atoms with Gasteiger partial charge in [0.2, 0.25) is 10.0 Å². The first-order chi connectivity index (χ1) is 11.2. The van der Waals surface area contributed by atoms with Crippen LogP contribution in [0.4, 0.5) is 10.1 Å². The predicted octanol–water partition coefficient (Wildman–Crippen LogP) is 3.11. The van der Waals surface area contributed by atoms with Gasteiger partial charge in [-0.05, 0) is 48.9 Å². The highest BCUT2D eigenvalue weighted by atomic mass is 32.2. The van der Waals surface area contributed by atoms with Crippen LogP contribution in [0.25, 0.3) is 0 Å². The van der Waals surface area contributed by atoms with Crippen molar-refractivity contribution in [1.29, 1.82) is 0 Å². The first kappa shape index (κ1) is 18.1. The molecule has 0 unspecified atom stereocenters. The summed E-state index contributed by atoms with van der Waals surface area (Å²) in [6.45, 7) is 4.04. The summed E-state index contributed by atoms with van der Waals surface area (Å²) in [7, 11) is -2.51. The van der Waals surface area contributed by atoms with E-state index in [0.717, 1.165) is 23.8 Å². The van der Waals surface area contributed by atoms with Crippen LogP contribution in [0.1, 0.15) is 35.7 Å². The van der Waals surface area contributed by atoms with Crippen molar-refractivity contribution in [2.75, 3.05) is 12.4 Å². The molecule has 128 valence electrons. The summed E-state index contributed by atoms with van der Waals surface area (Å²) >= 11 is 0. The molecule has 0 spiro atoms. The minimum atomic E-state index is -3.76. The Morgan fingerprint density at radius 3 is 2.46 bits per heavy atom. The van der Waals surface area contributed by atoms with E-state index in [1.54, 1.807) is 18.2 Å². The minimum Gasteiger partial charge on any atom is -0.322 e. The molecular weight excluding hydrogens is 331 g/mol. The SMILES string of the molecule is CNS(=O)(=O)c1ccc(F)c(C(=O)Nc2cccc(C(C)C)c2)c1. The van der Waals surface area contributed by atoms with E-state index in [9.17, 15) is 17.6 Å². The summed E-state index contributed by atoms with van der Waals surface area (Å²) in [5, 5.41) is 2.60. The molecule has 0 aliphatic carbocycles. The van der Waals surface area contributed by atoms with Crippen LogP contribution in [0.5, 0.6) is 0 Å². The van der Waals surface area contributed by atoms with E-state index in [2.05, 4.69) is 10.0 Å².